The molecule has 1 aliphatic carbocycles. The van der Waals surface area contributed by atoms with Crippen molar-refractivity contribution < 1.29 is 0 Å². The van der Waals surface area contributed by atoms with Crippen molar-refractivity contribution in [2.24, 2.45) is 0 Å². The number of hydrogen-bond acceptors (Lipinski definition) is 2. The van der Waals surface area contributed by atoms with E-state index in [0.717, 1.165) is 12.8 Å². The van der Waals surface area contributed by atoms with Gasteiger partial charge >= 0.3 is 0 Å². The molecule has 0 aliphatic heterocycles. The van der Waals surface area contributed by atoms with Crippen LogP contribution >= 0.6 is 22.7 Å². The fourth-order valence-corrected chi connectivity index (χ4v) is 7.48. The van der Waals surface area contributed by atoms with Crippen LogP contribution in [0.25, 0.3) is 42.4 Å². The molecule has 4 aromatic carbocycles. The zero-order valence-corrected chi connectivity index (χ0v) is 19.1. The molecule has 0 atom stereocenters. The second kappa shape index (κ2) is 7.16. The van der Waals surface area contributed by atoms with Crippen LogP contribution in [0.4, 0.5) is 0 Å². The van der Waals surface area contributed by atoms with Crippen molar-refractivity contribution in [3.63, 3.8) is 0 Å². The fraction of sp³-hybridized carbons (Fsp3) is 0.0667. The van der Waals surface area contributed by atoms with E-state index in [0.29, 0.717) is 0 Å². The van der Waals surface area contributed by atoms with Gasteiger partial charge in [-0.1, -0.05) is 84.9 Å². The molecule has 0 nitrogen and oxygen atoms in total. The van der Waals surface area contributed by atoms with Crippen molar-refractivity contribution in [3.05, 3.63) is 118 Å². The highest BCUT2D eigenvalue weighted by Crippen LogP contribution is 2.56. The highest BCUT2D eigenvalue weighted by atomic mass is 32.1. The highest BCUT2D eigenvalue weighted by molar-refractivity contribution is 7.20. The lowest BCUT2D eigenvalue weighted by atomic mass is 9.79. The maximum absolute atomic E-state index is 2.38. The molecule has 0 spiro atoms. The zero-order chi connectivity index (χ0) is 21.1. The van der Waals surface area contributed by atoms with E-state index in [9.17, 15) is 0 Å². The van der Waals surface area contributed by atoms with E-state index in [1.165, 1.54) is 63.3 Å². The predicted molar refractivity (Wildman–Crippen MR) is 140 cm³/mol. The van der Waals surface area contributed by atoms with E-state index in [-0.39, 0.29) is 0 Å². The van der Waals surface area contributed by atoms with Crippen molar-refractivity contribution >= 4 is 42.8 Å². The van der Waals surface area contributed by atoms with Gasteiger partial charge in [0.15, 0.2) is 0 Å². The van der Waals surface area contributed by atoms with Crippen LogP contribution in [-0.4, -0.2) is 0 Å². The van der Waals surface area contributed by atoms with E-state index in [2.05, 4.69) is 97.1 Å². The van der Waals surface area contributed by atoms with Gasteiger partial charge in [0, 0.05) is 43.1 Å². The molecule has 0 N–H and O–H groups in total. The van der Waals surface area contributed by atoms with Crippen molar-refractivity contribution in [2.75, 3.05) is 0 Å². The van der Waals surface area contributed by atoms with Crippen LogP contribution in [0.1, 0.15) is 20.9 Å². The van der Waals surface area contributed by atoms with E-state index in [1.807, 2.05) is 22.7 Å². The van der Waals surface area contributed by atoms with E-state index < -0.39 is 0 Å². The number of rotatable bonds is 4. The summed E-state index contributed by atoms with van der Waals surface area (Å²) >= 11 is 3.93. The van der Waals surface area contributed by atoms with Crippen LogP contribution in [0.5, 0.6) is 0 Å². The van der Waals surface area contributed by atoms with E-state index in [4.69, 9.17) is 0 Å². The molecule has 32 heavy (non-hydrogen) atoms. The average molecular weight is 445 g/mol. The summed E-state index contributed by atoms with van der Waals surface area (Å²) in [7, 11) is 0. The van der Waals surface area contributed by atoms with Crippen LogP contribution in [0.2, 0.25) is 0 Å². The Hall–Kier alpha value is -3.20. The molecule has 0 amide bonds. The molecule has 0 radical (unpaired) electrons. The third-order valence-corrected chi connectivity index (χ3v) is 8.79. The third-order valence-electron chi connectivity index (χ3n) is 6.46. The topological polar surface area (TPSA) is 0 Å². The van der Waals surface area contributed by atoms with E-state index in [1.54, 1.807) is 0 Å². The summed E-state index contributed by atoms with van der Waals surface area (Å²) in [5.74, 6) is 0. The minimum absolute atomic E-state index is 1.01. The maximum atomic E-state index is 2.38. The first kappa shape index (κ1) is 18.4. The summed E-state index contributed by atoms with van der Waals surface area (Å²) in [6.07, 6.45) is 2.02. The molecule has 2 aromatic heterocycles. The summed E-state index contributed by atoms with van der Waals surface area (Å²) in [6, 6.07) is 35.7. The maximum Gasteiger partial charge on any atom is 0.0430 e. The van der Waals surface area contributed by atoms with Gasteiger partial charge in [-0.05, 0) is 45.2 Å². The van der Waals surface area contributed by atoms with Crippen molar-refractivity contribution in [2.45, 2.75) is 12.8 Å². The molecule has 0 saturated carbocycles. The SMILES string of the molecule is c1ccc(Cc2cc3ccc4c(c3s2)-c2ccc3cc(Cc5ccccc5)sc3c2-4)cc1. The molecular weight excluding hydrogens is 424 g/mol. The number of thiophene rings is 2. The van der Waals surface area contributed by atoms with Crippen molar-refractivity contribution in [1.29, 1.82) is 0 Å². The third kappa shape index (κ3) is 2.87. The van der Waals surface area contributed by atoms with Gasteiger partial charge in [-0.3, -0.25) is 0 Å². The van der Waals surface area contributed by atoms with Gasteiger partial charge in [-0.25, -0.2) is 0 Å². The molecule has 0 unspecified atom stereocenters. The van der Waals surface area contributed by atoms with Crippen LogP contribution in [-0.2, 0) is 12.8 Å². The Bertz CT molecular complexity index is 1460. The Morgan fingerprint density at radius 2 is 0.906 bits per heavy atom. The Balaban J connectivity index is 1.29. The Morgan fingerprint density at radius 1 is 0.469 bits per heavy atom. The summed E-state index contributed by atoms with van der Waals surface area (Å²) in [5, 5.41) is 2.75. The standard InChI is InChI=1S/C30H20S2/c1-3-7-19(8-4-1)15-23-17-21-11-13-25-27(29(21)31-23)26-14-12-22-18-24(32-30(22)28(25)26)16-20-9-5-2-6-10-20/h1-14,17-18H,15-16H2. The quantitative estimate of drug-likeness (QED) is 0.254. The molecule has 2 heteroatoms. The normalized spacial score (nSPS) is 12.0. The van der Waals surface area contributed by atoms with Gasteiger partial charge in [0.1, 0.15) is 0 Å². The Morgan fingerprint density at radius 3 is 1.34 bits per heavy atom. The summed E-state index contributed by atoms with van der Waals surface area (Å²) in [5.41, 5.74) is 8.54. The molecule has 0 bridgehead atoms. The van der Waals surface area contributed by atoms with E-state index >= 15 is 0 Å². The minimum atomic E-state index is 1.01. The molecule has 2 heterocycles. The average Bonchev–Trinajstić information content (AvgIpc) is 3.39. The monoisotopic (exact) mass is 444 g/mol. The molecule has 7 rings (SSSR count). The second-order valence-electron chi connectivity index (χ2n) is 8.56. The van der Waals surface area contributed by atoms with Crippen molar-refractivity contribution in [1.82, 2.24) is 0 Å². The number of fused-ring (bicyclic) bond motifs is 8. The summed E-state index contributed by atoms with van der Waals surface area (Å²) in [4.78, 5) is 2.88. The molecule has 1 aliphatic rings. The second-order valence-corrected chi connectivity index (χ2v) is 10.8. The predicted octanol–water partition coefficient (Wildman–Crippen LogP) is 8.95. The van der Waals surface area contributed by atoms with Gasteiger partial charge in [-0.15, -0.1) is 22.7 Å². The number of benzene rings is 4. The van der Waals surface area contributed by atoms with Crippen LogP contribution < -0.4 is 0 Å². The molecular formula is C30H20S2. The fourth-order valence-electron chi connectivity index (χ4n) is 4.97. The van der Waals surface area contributed by atoms with Crippen LogP contribution in [0.15, 0.2) is 97.1 Å². The first-order chi connectivity index (χ1) is 15.8. The summed E-state index contributed by atoms with van der Waals surface area (Å²) in [6.45, 7) is 0. The summed E-state index contributed by atoms with van der Waals surface area (Å²) < 4.78 is 2.89. The Kier molecular flexibility index (Phi) is 4.11. The number of hydrogen-bond donors (Lipinski definition) is 0. The van der Waals surface area contributed by atoms with Gasteiger partial charge in [0.2, 0.25) is 0 Å². The first-order valence-corrected chi connectivity index (χ1v) is 12.7. The molecule has 6 aromatic rings. The van der Waals surface area contributed by atoms with Crippen molar-refractivity contribution in [3.8, 4) is 22.3 Å². The molecule has 0 fully saturated rings. The highest BCUT2D eigenvalue weighted by Gasteiger charge is 2.28. The first-order valence-electron chi connectivity index (χ1n) is 11.0. The minimum Gasteiger partial charge on any atom is -0.139 e. The van der Waals surface area contributed by atoms with Gasteiger partial charge < -0.3 is 0 Å². The van der Waals surface area contributed by atoms with Crippen LogP contribution in [0.3, 0.4) is 0 Å². The largest absolute Gasteiger partial charge is 0.139 e. The lowest BCUT2D eigenvalue weighted by Gasteiger charge is -2.25. The van der Waals surface area contributed by atoms with Gasteiger partial charge in [-0.2, -0.15) is 0 Å². The zero-order valence-electron chi connectivity index (χ0n) is 17.5. The smallest absolute Gasteiger partial charge is 0.0430 e. The molecule has 152 valence electrons. The lowest BCUT2D eigenvalue weighted by molar-refractivity contribution is 1.24. The molecule has 0 saturated heterocycles. The Labute approximate surface area is 195 Å². The van der Waals surface area contributed by atoms with Gasteiger partial charge in [0.25, 0.3) is 0 Å². The lowest BCUT2D eigenvalue weighted by Crippen LogP contribution is -1.98. The van der Waals surface area contributed by atoms with Gasteiger partial charge in [0.05, 0.1) is 0 Å². The van der Waals surface area contributed by atoms with Crippen LogP contribution in [0, 0.1) is 0 Å².